The average Bonchev–Trinajstić information content (AvgIpc) is 2.61. The molecule has 0 spiro atoms. The van der Waals surface area contributed by atoms with Crippen molar-refractivity contribution in [3.05, 3.63) is 72.3 Å². The minimum atomic E-state index is -3.75. The van der Waals surface area contributed by atoms with Crippen molar-refractivity contribution in [2.45, 2.75) is 11.3 Å². The second-order valence-electron chi connectivity index (χ2n) is 5.89. The number of hydrogen-bond donors (Lipinski definition) is 3. The number of hydrogen-bond acceptors (Lipinski definition) is 4. The standard InChI is InChI=1S/C19H17N3O3S2/c20-27(24,25)16-10-8-15(9-11-16)21-19(26)22-18(23)12-14-6-3-5-13-4-1-2-7-17(13)14/h1-11H,12H2,(H2,20,24,25)(H2,21,22,23,26). The third-order valence-electron chi connectivity index (χ3n) is 3.92. The number of carbonyl (C=O) groups excluding carboxylic acids is 1. The molecule has 0 bridgehead atoms. The first-order valence-corrected chi connectivity index (χ1v) is 9.99. The molecule has 0 heterocycles. The highest BCUT2D eigenvalue weighted by atomic mass is 32.2. The Morgan fingerprint density at radius 1 is 0.963 bits per heavy atom. The first-order chi connectivity index (χ1) is 12.8. The van der Waals surface area contributed by atoms with Gasteiger partial charge in [0.15, 0.2) is 5.11 Å². The highest BCUT2D eigenvalue weighted by molar-refractivity contribution is 7.89. The molecular weight excluding hydrogens is 382 g/mol. The molecule has 3 rings (SSSR count). The minimum absolute atomic E-state index is 0.000963. The molecule has 0 aromatic heterocycles. The summed E-state index contributed by atoms with van der Waals surface area (Å²) in [6.07, 6.45) is 0.188. The Morgan fingerprint density at radius 2 is 1.63 bits per heavy atom. The average molecular weight is 399 g/mol. The molecule has 0 aliphatic heterocycles. The molecule has 0 aliphatic rings. The Bertz CT molecular complexity index is 1110. The number of primary sulfonamides is 1. The predicted molar refractivity (Wildman–Crippen MR) is 110 cm³/mol. The molecule has 0 saturated heterocycles. The zero-order valence-corrected chi connectivity index (χ0v) is 15.8. The predicted octanol–water partition coefficient (Wildman–Crippen LogP) is 2.54. The van der Waals surface area contributed by atoms with Gasteiger partial charge in [-0.15, -0.1) is 0 Å². The number of amides is 1. The van der Waals surface area contributed by atoms with Gasteiger partial charge in [0.05, 0.1) is 11.3 Å². The van der Waals surface area contributed by atoms with Gasteiger partial charge in [-0.2, -0.15) is 0 Å². The van der Waals surface area contributed by atoms with Crippen molar-refractivity contribution < 1.29 is 13.2 Å². The van der Waals surface area contributed by atoms with Gasteiger partial charge in [0.2, 0.25) is 15.9 Å². The van der Waals surface area contributed by atoms with Gasteiger partial charge >= 0.3 is 0 Å². The van der Waals surface area contributed by atoms with Crippen LogP contribution >= 0.6 is 12.2 Å². The van der Waals surface area contributed by atoms with E-state index in [4.69, 9.17) is 17.4 Å². The topological polar surface area (TPSA) is 101 Å². The molecule has 3 aromatic carbocycles. The largest absolute Gasteiger partial charge is 0.332 e. The Balaban J connectivity index is 1.63. The molecule has 8 heteroatoms. The summed E-state index contributed by atoms with van der Waals surface area (Å²) in [6, 6.07) is 19.4. The van der Waals surface area contributed by atoms with Crippen LogP contribution < -0.4 is 15.8 Å². The lowest BCUT2D eigenvalue weighted by Gasteiger charge is -2.11. The van der Waals surface area contributed by atoms with Gasteiger partial charge in [-0.1, -0.05) is 42.5 Å². The monoisotopic (exact) mass is 399 g/mol. The zero-order valence-electron chi connectivity index (χ0n) is 14.2. The summed E-state index contributed by atoms with van der Waals surface area (Å²) in [5.74, 6) is -0.245. The highest BCUT2D eigenvalue weighted by Crippen LogP contribution is 2.19. The minimum Gasteiger partial charge on any atom is -0.332 e. The van der Waals surface area contributed by atoms with Crippen LogP contribution in [0.3, 0.4) is 0 Å². The molecule has 138 valence electrons. The first kappa shape index (κ1) is 19.0. The zero-order chi connectivity index (χ0) is 19.4. The third kappa shape index (κ3) is 4.88. The van der Waals surface area contributed by atoms with Crippen LogP contribution in [0.5, 0.6) is 0 Å². The Morgan fingerprint density at radius 3 is 2.33 bits per heavy atom. The second kappa shape index (κ2) is 7.83. The van der Waals surface area contributed by atoms with E-state index in [1.54, 1.807) is 0 Å². The van der Waals surface area contributed by atoms with Crippen molar-refractivity contribution in [2.24, 2.45) is 5.14 Å². The van der Waals surface area contributed by atoms with E-state index in [1.807, 2.05) is 42.5 Å². The van der Waals surface area contributed by atoms with E-state index in [0.717, 1.165) is 16.3 Å². The van der Waals surface area contributed by atoms with E-state index >= 15 is 0 Å². The van der Waals surface area contributed by atoms with Gasteiger partial charge < -0.3 is 10.6 Å². The van der Waals surface area contributed by atoms with Crippen LogP contribution in [0.15, 0.2) is 71.6 Å². The van der Waals surface area contributed by atoms with E-state index in [9.17, 15) is 13.2 Å². The van der Waals surface area contributed by atoms with E-state index < -0.39 is 10.0 Å². The van der Waals surface area contributed by atoms with Crippen molar-refractivity contribution in [1.29, 1.82) is 0 Å². The molecule has 6 nitrogen and oxygen atoms in total. The second-order valence-corrected chi connectivity index (χ2v) is 7.86. The summed E-state index contributed by atoms with van der Waals surface area (Å²) in [4.78, 5) is 12.3. The van der Waals surface area contributed by atoms with Gasteiger partial charge in [0.1, 0.15) is 0 Å². The summed E-state index contributed by atoms with van der Waals surface area (Å²) in [6.45, 7) is 0. The van der Waals surface area contributed by atoms with Gasteiger partial charge in [-0.25, -0.2) is 13.6 Å². The van der Waals surface area contributed by atoms with Crippen LogP contribution in [0.1, 0.15) is 5.56 Å². The Labute approximate surface area is 162 Å². The summed E-state index contributed by atoms with van der Waals surface area (Å²) in [7, 11) is -3.75. The van der Waals surface area contributed by atoms with E-state index in [0.29, 0.717) is 5.69 Å². The van der Waals surface area contributed by atoms with Crippen LogP contribution in [-0.2, 0) is 21.2 Å². The lowest BCUT2D eigenvalue weighted by molar-refractivity contribution is -0.119. The van der Waals surface area contributed by atoms with Gasteiger partial charge in [-0.05, 0) is 52.8 Å². The molecular formula is C19H17N3O3S2. The molecule has 1 amide bonds. The van der Waals surface area contributed by atoms with Crippen LogP contribution in [0, 0.1) is 0 Å². The van der Waals surface area contributed by atoms with Gasteiger partial charge in [0.25, 0.3) is 0 Å². The Kier molecular flexibility index (Phi) is 5.50. The molecule has 3 aromatic rings. The van der Waals surface area contributed by atoms with Crippen molar-refractivity contribution >= 4 is 49.7 Å². The van der Waals surface area contributed by atoms with Gasteiger partial charge in [0, 0.05) is 5.69 Å². The number of anilines is 1. The smallest absolute Gasteiger partial charge is 0.238 e. The molecule has 0 unspecified atom stereocenters. The summed E-state index contributed by atoms with van der Waals surface area (Å²) in [5, 5.41) is 12.7. The van der Waals surface area contributed by atoms with Crippen LogP contribution in [0.4, 0.5) is 5.69 Å². The number of benzene rings is 3. The Hall–Kier alpha value is -2.81. The maximum absolute atomic E-state index is 12.3. The van der Waals surface area contributed by atoms with E-state index in [-0.39, 0.29) is 22.3 Å². The van der Waals surface area contributed by atoms with Crippen LogP contribution in [0.2, 0.25) is 0 Å². The van der Waals surface area contributed by atoms with Crippen LogP contribution in [0.25, 0.3) is 10.8 Å². The van der Waals surface area contributed by atoms with E-state index in [2.05, 4.69) is 10.6 Å². The van der Waals surface area contributed by atoms with Crippen molar-refractivity contribution in [1.82, 2.24) is 5.32 Å². The molecule has 0 aliphatic carbocycles. The third-order valence-corrected chi connectivity index (χ3v) is 5.06. The first-order valence-electron chi connectivity index (χ1n) is 8.03. The number of rotatable bonds is 4. The fourth-order valence-electron chi connectivity index (χ4n) is 2.68. The van der Waals surface area contributed by atoms with E-state index in [1.165, 1.54) is 24.3 Å². The van der Waals surface area contributed by atoms with Crippen molar-refractivity contribution in [3.8, 4) is 0 Å². The summed E-state index contributed by atoms with van der Waals surface area (Å²) >= 11 is 5.14. The summed E-state index contributed by atoms with van der Waals surface area (Å²) in [5.41, 5.74) is 1.45. The molecule has 0 saturated carbocycles. The number of nitrogens with one attached hydrogen (secondary N) is 2. The van der Waals surface area contributed by atoms with Crippen molar-refractivity contribution in [3.63, 3.8) is 0 Å². The highest BCUT2D eigenvalue weighted by Gasteiger charge is 2.10. The number of carbonyl (C=O) groups is 1. The SMILES string of the molecule is NS(=O)(=O)c1ccc(NC(=S)NC(=O)Cc2cccc3ccccc23)cc1. The lowest BCUT2D eigenvalue weighted by atomic mass is 10.0. The van der Waals surface area contributed by atoms with Crippen molar-refractivity contribution in [2.75, 3.05) is 5.32 Å². The normalized spacial score (nSPS) is 11.1. The number of thiocarbonyl (C=S) groups is 1. The number of fused-ring (bicyclic) bond motifs is 1. The molecule has 0 atom stereocenters. The maximum Gasteiger partial charge on any atom is 0.238 e. The molecule has 0 radical (unpaired) electrons. The lowest BCUT2D eigenvalue weighted by Crippen LogP contribution is -2.35. The molecule has 0 fully saturated rings. The van der Waals surface area contributed by atoms with Crippen LogP contribution in [-0.4, -0.2) is 19.4 Å². The summed E-state index contributed by atoms with van der Waals surface area (Å²) < 4.78 is 22.5. The number of nitrogens with two attached hydrogens (primary N) is 1. The van der Waals surface area contributed by atoms with Gasteiger partial charge in [-0.3, -0.25) is 4.79 Å². The fourth-order valence-corrected chi connectivity index (χ4v) is 3.43. The number of sulfonamides is 1. The molecule has 4 N–H and O–H groups in total. The molecule has 27 heavy (non-hydrogen) atoms. The fraction of sp³-hybridized carbons (Fsp3) is 0.0526. The maximum atomic E-state index is 12.3. The quantitative estimate of drug-likeness (QED) is 0.585.